The van der Waals surface area contributed by atoms with E-state index in [2.05, 4.69) is 23.4 Å². The van der Waals surface area contributed by atoms with Gasteiger partial charge in [0.25, 0.3) is 5.91 Å². The SMILES string of the molecule is CCCCCOc1ccc(C(=O)N(CCCC)Cc2nc3cccnc3n2C2CCCC2)cc1. The first-order chi connectivity index (χ1) is 16.7. The minimum absolute atomic E-state index is 0.0453. The summed E-state index contributed by atoms with van der Waals surface area (Å²) >= 11 is 0. The van der Waals surface area contributed by atoms with Gasteiger partial charge in [-0.05, 0) is 62.1 Å². The molecule has 1 saturated carbocycles. The molecule has 2 aromatic heterocycles. The average Bonchev–Trinajstić information content (AvgIpc) is 3.52. The summed E-state index contributed by atoms with van der Waals surface area (Å²) in [6.07, 6.45) is 12.0. The topological polar surface area (TPSA) is 60.2 Å². The molecule has 0 saturated heterocycles. The molecule has 6 heteroatoms. The lowest BCUT2D eigenvalue weighted by molar-refractivity contribution is 0.0734. The van der Waals surface area contributed by atoms with E-state index < -0.39 is 0 Å². The Bertz CT molecular complexity index is 1050. The van der Waals surface area contributed by atoms with Crippen LogP contribution in [0.15, 0.2) is 42.6 Å². The Morgan fingerprint density at radius 3 is 2.56 bits per heavy atom. The van der Waals surface area contributed by atoms with E-state index in [9.17, 15) is 4.79 Å². The third-order valence-electron chi connectivity index (χ3n) is 6.73. The number of ether oxygens (including phenoxy) is 1. The van der Waals surface area contributed by atoms with Gasteiger partial charge < -0.3 is 14.2 Å². The maximum atomic E-state index is 13.5. The zero-order valence-electron chi connectivity index (χ0n) is 20.7. The number of benzene rings is 1. The third kappa shape index (κ3) is 5.78. The summed E-state index contributed by atoms with van der Waals surface area (Å²) in [6, 6.07) is 12.0. The molecule has 1 aromatic carbocycles. The Labute approximate surface area is 203 Å². The molecule has 0 aliphatic heterocycles. The molecule has 2 heterocycles. The van der Waals surface area contributed by atoms with Gasteiger partial charge in [-0.2, -0.15) is 0 Å². The van der Waals surface area contributed by atoms with Gasteiger partial charge >= 0.3 is 0 Å². The molecule has 182 valence electrons. The van der Waals surface area contributed by atoms with Crippen LogP contribution >= 0.6 is 0 Å². The highest BCUT2D eigenvalue weighted by Gasteiger charge is 2.26. The normalized spacial score (nSPS) is 14.1. The number of fused-ring (bicyclic) bond motifs is 1. The molecule has 0 unspecified atom stereocenters. The van der Waals surface area contributed by atoms with Crippen LogP contribution in [0.3, 0.4) is 0 Å². The summed E-state index contributed by atoms with van der Waals surface area (Å²) in [5.41, 5.74) is 2.55. The zero-order chi connectivity index (χ0) is 23.8. The maximum Gasteiger partial charge on any atom is 0.254 e. The Kier molecular flexibility index (Phi) is 8.56. The van der Waals surface area contributed by atoms with Crippen molar-refractivity contribution in [3.05, 3.63) is 54.0 Å². The van der Waals surface area contributed by atoms with Crippen LogP contribution in [-0.4, -0.2) is 38.5 Å². The molecule has 0 radical (unpaired) electrons. The van der Waals surface area contributed by atoms with Crippen molar-refractivity contribution < 1.29 is 9.53 Å². The van der Waals surface area contributed by atoms with Crippen molar-refractivity contribution in [3.63, 3.8) is 0 Å². The molecule has 3 aromatic rings. The van der Waals surface area contributed by atoms with E-state index in [1.54, 1.807) is 0 Å². The van der Waals surface area contributed by atoms with Gasteiger partial charge in [0.1, 0.15) is 17.1 Å². The Morgan fingerprint density at radius 1 is 1.06 bits per heavy atom. The molecule has 0 bridgehead atoms. The number of unbranched alkanes of at least 4 members (excludes halogenated alkanes) is 3. The Balaban J connectivity index is 1.54. The molecule has 0 atom stereocenters. The van der Waals surface area contributed by atoms with E-state index in [-0.39, 0.29) is 5.91 Å². The number of carbonyl (C=O) groups excluding carboxylic acids is 1. The quantitative estimate of drug-likeness (QED) is 0.286. The summed E-state index contributed by atoms with van der Waals surface area (Å²) in [5.74, 6) is 1.81. The number of pyridine rings is 1. The molecular formula is C28H38N4O2. The molecule has 0 spiro atoms. The van der Waals surface area contributed by atoms with Crippen molar-refractivity contribution in [1.82, 2.24) is 19.4 Å². The standard InChI is InChI=1S/C28H38N4O2/c1-3-5-9-20-34-24-16-14-22(15-17-24)28(33)31(19-6-4-2)21-26-30-25-13-10-18-29-27(25)32(26)23-11-7-8-12-23/h10,13-18,23H,3-9,11-12,19-21H2,1-2H3. The lowest BCUT2D eigenvalue weighted by atomic mass is 10.1. The number of hydrogen-bond donors (Lipinski definition) is 0. The van der Waals surface area contributed by atoms with Crippen LogP contribution in [0.2, 0.25) is 0 Å². The zero-order valence-corrected chi connectivity index (χ0v) is 20.7. The highest BCUT2D eigenvalue weighted by molar-refractivity contribution is 5.94. The van der Waals surface area contributed by atoms with E-state index >= 15 is 0 Å². The highest BCUT2D eigenvalue weighted by atomic mass is 16.5. The van der Waals surface area contributed by atoms with Gasteiger partial charge in [0.05, 0.1) is 13.2 Å². The number of aromatic nitrogens is 3. The van der Waals surface area contributed by atoms with E-state index in [0.29, 0.717) is 24.7 Å². The van der Waals surface area contributed by atoms with Gasteiger partial charge in [0.2, 0.25) is 0 Å². The molecule has 1 amide bonds. The van der Waals surface area contributed by atoms with E-state index in [0.717, 1.165) is 61.4 Å². The van der Waals surface area contributed by atoms with Crippen LogP contribution < -0.4 is 4.74 Å². The van der Waals surface area contributed by atoms with Gasteiger partial charge in [0.15, 0.2) is 5.65 Å². The fourth-order valence-corrected chi connectivity index (χ4v) is 4.82. The predicted octanol–water partition coefficient (Wildman–Crippen LogP) is 6.56. The van der Waals surface area contributed by atoms with Crippen molar-refractivity contribution in [2.45, 2.75) is 84.2 Å². The number of imidazole rings is 1. The monoisotopic (exact) mass is 462 g/mol. The second-order valence-corrected chi connectivity index (χ2v) is 9.34. The first-order valence-corrected chi connectivity index (χ1v) is 13.0. The van der Waals surface area contributed by atoms with Crippen molar-refractivity contribution in [1.29, 1.82) is 0 Å². The van der Waals surface area contributed by atoms with Gasteiger partial charge in [0, 0.05) is 24.3 Å². The van der Waals surface area contributed by atoms with Crippen molar-refractivity contribution in [3.8, 4) is 5.75 Å². The van der Waals surface area contributed by atoms with Crippen LogP contribution in [0, 0.1) is 0 Å². The van der Waals surface area contributed by atoms with Gasteiger partial charge in [-0.15, -0.1) is 0 Å². The highest BCUT2D eigenvalue weighted by Crippen LogP contribution is 2.33. The predicted molar refractivity (Wildman–Crippen MR) is 136 cm³/mol. The first-order valence-electron chi connectivity index (χ1n) is 13.0. The number of nitrogens with zero attached hydrogens (tertiary/aromatic N) is 4. The van der Waals surface area contributed by atoms with Gasteiger partial charge in [-0.3, -0.25) is 4.79 Å². The largest absolute Gasteiger partial charge is 0.494 e. The van der Waals surface area contributed by atoms with Crippen LogP contribution in [0.25, 0.3) is 11.2 Å². The van der Waals surface area contributed by atoms with Crippen LogP contribution in [0.1, 0.15) is 93.9 Å². The van der Waals surface area contributed by atoms with Crippen molar-refractivity contribution in [2.75, 3.05) is 13.2 Å². The second kappa shape index (κ2) is 12.0. The van der Waals surface area contributed by atoms with Crippen LogP contribution in [0.4, 0.5) is 0 Å². The fraction of sp³-hybridized carbons (Fsp3) is 0.536. The second-order valence-electron chi connectivity index (χ2n) is 9.34. The average molecular weight is 463 g/mol. The lowest BCUT2D eigenvalue weighted by Crippen LogP contribution is -2.33. The maximum absolute atomic E-state index is 13.5. The summed E-state index contributed by atoms with van der Waals surface area (Å²) in [4.78, 5) is 25.1. The minimum Gasteiger partial charge on any atom is -0.494 e. The molecule has 34 heavy (non-hydrogen) atoms. The summed E-state index contributed by atoms with van der Waals surface area (Å²) in [7, 11) is 0. The lowest BCUT2D eigenvalue weighted by Gasteiger charge is -2.24. The third-order valence-corrected chi connectivity index (χ3v) is 6.73. The molecule has 0 N–H and O–H groups in total. The number of carbonyl (C=O) groups is 1. The smallest absolute Gasteiger partial charge is 0.254 e. The molecule has 1 aliphatic carbocycles. The molecule has 1 aliphatic rings. The van der Waals surface area contributed by atoms with E-state index in [1.807, 2.05) is 47.5 Å². The summed E-state index contributed by atoms with van der Waals surface area (Å²) in [5, 5.41) is 0. The van der Waals surface area contributed by atoms with E-state index in [1.165, 1.54) is 25.7 Å². The fourth-order valence-electron chi connectivity index (χ4n) is 4.82. The van der Waals surface area contributed by atoms with Crippen molar-refractivity contribution in [2.24, 2.45) is 0 Å². The summed E-state index contributed by atoms with van der Waals surface area (Å²) < 4.78 is 8.13. The Morgan fingerprint density at radius 2 is 1.82 bits per heavy atom. The minimum atomic E-state index is 0.0453. The van der Waals surface area contributed by atoms with Gasteiger partial charge in [-0.1, -0.05) is 46.0 Å². The number of hydrogen-bond acceptors (Lipinski definition) is 4. The Hall–Kier alpha value is -2.89. The molecule has 6 nitrogen and oxygen atoms in total. The first kappa shape index (κ1) is 24.2. The summed E-state index contributed by atoms with van der Waals surface area (Å²) in [6.45, 7) is 6.27. The van der Waals surface area contributed by atoms with Crippen LogP contribution in [0.5, 0.6) is 5.75 Å². The molecular weight excluding hydrogens is 424 g/mol. The van der Waals surface area contributed by atoms with Gasteiger partial charge in [-0.25, -0.2) is 9.97 Å². The molecule has 1 fully saturated rings. The number of amides is 1. The van der Waals surface area contributed by atoms with Crippen LogP contribution in [-0.2, 0) is 6.54 Å². The molecule has 4 rings (SSSR count). The van der Waals surface area contributed by atoms with E-state index in [4.69, 9.17) is 9.72 Å². The number of rotatable bonds is 12. The van der Waals surface area contributed by atoms with Crippen molar-refractivity contribution >= 4 is 17.1 Å².